The molecule has 0 aliphatic rings. The lowest BCUT2D eigenvalue weighted by Crippen LogP contribution is -2.44. The van der Waals surface area contributed by atoms with Gasteiger partial charge in [0.25, 0.3) is 0 Å². The van der Waals surface area contributed by atoms with Crippen LogP contribution in [0.4, 0.5) is 9.18 Å². The van der Waals surface area contributed by atoms with Crippen molar-refractivity contribution in [3.63, 3.8) is 0 Å². The Morgan fingerprint density at radius 2 is 2.15 bits per heavy atom. The van der Waals surface area contributed by atoms with Gasteiger partial charge in [-0.3, -0.25) is 0 Å². The normalized spacial score (nSPS) is 13.6. The van der Waals surface area contributed by atoms with Crippen LogP contribution in [0.2, 0.25) is 0 Å². The number of carbonyl (C=O) groups excluding carboxylic acids is 1. The number of halogens is 1. The number of hydrogen-bond acceptors (Lipinski definition) is 3. The van der Waals surface area contributed by atoms with Gasteiger partial charge in [-0.2, -0.15) is 0 Å². The molecule has 0 saturated carbocycles. The molecule has 0 saturated heterocycles. The standard InChI is InChI=1S/C8H17FN2O2/c1-8(2,3)13-7(12)11-6(4-9)5-10/h6H,4-5,10H2,1-3H3,(H,11,12). The first-order chi connectivity index (χ1) is 5.89. The zero-order chi connectivity index (χ0) is 10.5. The Labute approximate surface area is 77.6 Å². The van der Waals surface area contributed by atoms with E-state index in [-0.39, 0.29) is 6.54 Å². The first-order valence-electron chi connectivity index (χ1n) is 4.14. The Kier molecular flexibility index (Phi) is 4.69. The van der Waals surface area contributed by atoms with Crippen LogP contribution in [0.3, 0.4) is 0 Å². The smallest absolute Gasteiger partial charge is 0.408 e. The van der Waals surface area contributed by atoms with E-state index in [4.69, 9.17) is 10.5 Å². The van der Waals surface area contributed by atoms with Crippen LogP contribution in [-0.2, 0) is 4.74 Å². The molecule has 0 spiro atoms. The third-order valence-electron chi connectivity index (χ3n) is 1.19. The SMILES string of the molecule is CC(C)(C)OC(=O)NC(CN)CF. The van der Waals surface area contributed by atoms with Crippen molar-refractivity contribution in [2.75, 3.05) is 13.2 Å². The number of ether oxygens (including phenoxy) is 1. The first kappa shape index (κ1) is 12.2. The molecule has 0 aliphatic carbocycles. The van der Waals surface area contributed by atoms with Gasteiger partial charge in [-0.05, 0) is 20.8 Å². The van der Waals surface area contributed by atoms with Crippen LogP contribution in [0.25, 0.3) is 0 Å². The Morgan fingerprint density at radius 3 is 2.46 bits per heavy atom. The minimum atomic E-state index is -0.685. The van der Waals surface area contributed by atoms with E-state index in [0.29, 0.717) is 0 Å². The zero-order valence-corrected chi connectivity index (χ0v) is 8.26. The van der Waals surface area contributed by atoms with E-state index >= 15 is 0 Å². The van der Waals surface area contributed by atoms with E-state index in [0.717, 1.165) is 0 Å². The predicted molar refractivity (Wildman–Crippen MR) is 48.2 cm³/mol. The fraction of sp³-hybridized carbons (Fsp3) is 0.875. The molecule has 0 bridgehead atoms. The number of nitrogens with two attached hydrogens (primary N) is 1. The van der Waals surface area contributed by atoms with Gasteiger partial charge in [-0.1, -0.05) is 0 Å². The van der Waals surface area contributed by atoms with Crippen LogP contribution in [-0.4, -0.2) is 31.0 Å². The number of rotatable bonds is 3. The summed E-state index contributed by atoms with van der Waals surface area (Å²) in [6.45, 7) is 4.59. The van der Waals surface area contributed by atoms with Gasteiger partial charge in [0.1, 0.15) is 12.3 Å². The van der Waals surface area contributed by atoms with Crippen LogP contribution >= 0.6 is 0 Å². The molecule has 78 valence electrons. The van der Waals surface area contributed by atoms with Crippen LogP contribution < -0.4 is 11.1 Å². The van der Waals surface area contributed by atoms with E-state index in [2.05, 4.69) is 5.32 Å². The summed E-state index contributed by atoms with van der Waals surface area (Å²) in [5, 5.41) is 2.31. The summed E-state index contributed by atoms with van der Waals surface area (Å²) < 4.78 is 17.0. The maximum Gasteiger partial charge on any atom is 0.408 e. The maximum atomic E-state index is 12.1. The molecule has 0 aromatic heterocycles. The van der Waals surface area contributed by atoms with Gasteiger partial charge in [0, 0.05) is 6.54 Å². The van der Waals surface area contributed by atoms with Gasteiger partial charge < -0.3 is 15.8 Å². The van der Waals surface area contributed by atoms with Crippen molar-refractivity contribution in [2.24, 2.45) is 5.73 Å². The minimum Gasteiger partial charge on any atom is -0.444 e. The molecule has 4 nitrogen and oxygen atoms in total. The van der Waals surface area contributed by atoms with Gasteiger partial charge in [-0.25, -0.2) is 9.18 Å². The lowest BCUT2D eigenvalue weighted by atomic mass is 10.2. The highest BCUT2D eigenvalue weighted by Crippen LogP contribution is 2.06. The molecular formula is C8H17FN2O2. The first-order valence-corrected chi connectivity index (χ1v) is 4.14. The van der Waals surface area contributed by atoms with Crippen LogP contribution in [0.1, 0.15) is 20.8 Å². The molecule has 3 N–H and O–H groups in total. The number of amides is 1. The highest BCUT2D eigenvalue weighted by atomic mass is 19.1. The maximum absolute atomic E-state index is 12.1. The molecule has 0 aromatic carbocycles. The lowest BCUT2D eigenvalue weighted by molar-refractivity contribution is 0.0498. The Hall–Kier alpha value is -0.840. The second-order valence-electron chi connectivity index (χ2n) is 3.73. The molecule has 0 rings (SSSR count). The summed E-state index contributed by atoms with van der Waals surface area (Å²) in [7, 11) is 0. The molecule has 0 radical (unpaired) electrons. The molecule has 13 heavy (non-hydrogen) atoms. The van der Waals surface area contributed by atoms with Crippen LogP contribution in [0.5, 0.6) is 0 Å². The largest absolute Gasteiger partial charge is 0.444 e. The van der Waals surface area contributed by atoms with Crippen molar-refractivity contribution in [1.82, 2.24) is 5.32 Å². The van der Waals surface area contributed by atoms with Crippen molar-refractivity contribution in [3.8, 4) is 0 Å². The van der Waals surface area contributed by atoms with Crippen molar-refractivity contribution in [3.05, 3.63) is 0 Å². The van der Waals surface area contributed by atoms with Crippen molar-refractivity contribution >= 4 is 6.09 Å². The van der Waals surface area contributed by atoms with Crippen LogP contribution in [0.15, 0.2) is 0 Å². The summed E-state index contributed by atoms with van der Waals surface area (Å²) in [6.07, 6.45) is -0.638. The summed E-state index contributed by atoms with van der Waals surface area (Å²) in [5.74, 6) is 0. The molecule has 0 heterocycles. The number of alkyl halides is 1. The highest BCUT2D eigenvalue weighted by molar-refractivity contribution is 5.68. The van der Waals surface area contributed by atoms with E-state index < -0.39 is 24.4 Å². The zero-order valence-electron chi connectivity index (χ0n) is 8.26. The molecule has 1 unspecified atom stereocenters. The van der Waals surface area contributed by atoms with Crippen molar-refractivity contribution in [1.29, 1.82) is 0 Å². The molecule has 0 aliphatic heterocycles. The Bertz CT molecular complexity index is 164. The quantitative estimate of drug-likeness (QED) is 0.695. The van der Waals surface area contributed by atoms with Crippen molar-refractivity contribution < 1.29 is 13.9 Å². The van der Waals surface area contributed by atoms with E-state index in [9.17, 15) is 9.18 Å². The topological polar surface area (TPSA) is 64.3 Å². The highest BCUT2D eigenvalue weighted by Gasteiger charge is 2.18. The average Bonchev–Trinajstić information content (AvgIpc) is 1.96. The second kappa shape index (κ2) is 5.01. The summed E-state index contributed by atoms with van der Waals surface area (Å²) in [4.78, 5) is 11.0. The fourth-order valence-electron chi connectivity index (χ4n) is 0.635. The third kappa shape index (κ3) is 6.33. The lowest BCUT2D eigenvalue weighted by Gasteiger charge is -2.21. The number of carbonyl (C=O) groups is 1. The molecule has 1 amide bonds. The predicted octanol–water partition coefficient (Wildman–Crippen LogP) is 0.808. The Morgan fingerprint density at radius 1 is 1.62 bits per heavy atom. The molecule has 5 heteroatoms. The molecular weight excluding hydrogens is 175 g/mol. The summed E-state index contributed by atoms with van der Waals surface area (Å²) in [5.41, 5.74) is 4.62. The summed E-state index contributed by atoms with van der Waals surface area (Å²) in [6, 6.07) is -0.658. The van der Waals surface area contributed by atoms with Gasteiger partial charge in [0.05, 0.1) is 6.04 Å². The minimum absolute atomic E-state index is 0.0652. The van der Waals surface area contributed by atoms with Gasteiger partial charge in [0.2, 0.25) is 0 Å². The summed E-state index contributed by atoms with van der Waals surface area (Å²) >= 11 is 0. The third-order valence-corrected chi connectivity index (χ3v) is 1.19. The van der Waals surface area contributed by atoms with Gasteiger partial charge >= 0.3 is 6.09 Å². The van der Waals surface area contributed by atoms with E-state index in [1.54, 1.807) is 20.8 Å². The van der Waals surface area contributed by atoms with Gasteiger partial charge in [0.15, 0.2) is 0 Å². The van der Waals surface area contributed by atoms with Gasteiger partial charge in [-0.15, -0.1) is 0 Å². The number of nitrogens with one attached hydrogen (secondary N) is 1. The fourth-order valence-corrected chi connectivity index (χ4v) is 0.635. The monoisotopic (exact) mass is 192 g/mol. The number of alkyl carbamates (subject to hydrolysis) is 1. The van der Waals surface area contributed by atoms with Crippen LogP contribution in [0, 0.1) is 0 Å². The number of hydrogen-bond donors (Lipinski definition) is 2. The molecule has 1 atom stereocenters. The Balaban J connectivity index is 3.86. The molecule has 0 aromatic rings. The molecule has 0 fully saturated rings. The second-order valence-corrected chi connectivity index (χ2v) is 3.73. The van der Waals surface area contributed by atoms with E-state index in [1.807, 2.05) is 0 Å². The van der Waals surface area contributed by atoms with Crippen molar-refractivity contribution in [2.45, 2.75) is 32.4 Å². The average molecular weight is 192 g/mol. The van der Waals surface area contributed by atoms with E-state index in [1.165, 1.54) is 0 Å².